The van der Waals surface area contributed by atoms with Gasteiger partial charge < -0.3 is 10.2 Å². The Kier molecular flexibility index (Phi) is 4.88. The lowest BCUT2D eigenvalue weighted by Gasteiger charge is -2.22. The second kappa shape index (κ2) is 6.44. The largest absolute Gasteiger partial charge is 0.307 e. The van der Waals surface area contributed by atoms with Crippen molar-refractivity contribution in [3.63, 3.8) is 0 Å². The first-order valence-electron chi connectivity index (χ1n) is 6.96. The fourth-order valence-electron chi connectivity index (χ4n) is 2.70. The maximum absolute atomic E-state index is 13.7. The Morgan fingerprint density at radius 1 is 1.26 bits per heavy atom. The number of hydrogen-bond donors (Lipinski definition) is 1. The maximum atomic E-state index is 13.7. The summed E-state index contributed by atoms with van der Waals surface area (Å²) in [5, 5.41) is 3.47. The molecule has 2 unspecified atom stereocenters. The van der Waals surface area contributed by atoms with Gasteiger partial charge >= 0.3 is 0 Å². The van der Waals surface area contributed by atoms with Crippen LogP contribution in [-0.2, 0) is 0 Å². The van der Waals surface area contributed by atoms with Crippen molar-refractivity contribution in [3.8, 4) is 0 Å². The van der Waals surface area contributed by atoms with Crippen molar-refractivity contribution >= 4 is 0 Å². The molecule has 2 atom stereocenters. The second-order valence-electron chi connectivity index (χ2n) is 5.49. The molecule has 0 amide bonds. The van der Waals surface area contributed by atoms with E-state index in [1.807, 2.05) is 6.92 Å². The predicted octanol–water partition coefficient (Wildman–Crippen LogP) is 3.10. The van der Waals surface area contributed by atoms with Gasteiger partial charge in [0.2, 0.25) is 0 Å². The molecule has 0 saturated carbocycles. The van der Waals surface area contributed by atoms with Gasteiger partial charge in [-0.15, -0.1) is 0 Å². The number of rotatable bonds is 3. The van der Waals surface area contributed by atoms with Crippen LogP contribution in [0, 0.1) is 11.6 Å². The van der Waals surface area contributed by atoms with Crippen LogP contribution in [0.1, 0.15) is 37.8 Å². The number of benzene rings is 1. The molecule has 1 saturated heterocycles. The van der Waals surface area contributed by atoms with E-state index in [2.05, 4.69) is 17.3 Å². The summed E-state index contributed by atoms with van der Waals surface area (Å²) in [6, 6.07) is 4.12. The first kappa shape index (κ1) is 14.4. The van der Waals surface area contributed by atoms with Crippen LogP contribution in [-0.4, -0.2) is 31.1 Å². The zero-order valence-electron chi connectivity index (χ0n) is 11.6. The van der Waals surface area contributed by atoms with Gasteiger partial charge in [-0.25, -0.2) is 8.78 Å². The number of hydrogen-bond acceptors (Lipinski definition) is 2. The quantitative estimate of drug-likeness (QED) is 0.906. The van der Waals surface area contributed by atoms with Gasteiger partial charge in [0.05, 0.1) is 0 Å². The van der Waals surface area contributed by atoms with Gasteiger partial charge in [-0.1, -0.05) is 6.07 Å². The molecule has 1 aliphatic heterocycles. The minimum atomic E-state index is -0.524. The zero-order chi connectivity index (χ0) is 13.8. The molecule has 19 heavy (non-hydrogen) atoms. The molecule has 2 nitrogen and oxygen atoms in total. The third-order valence-electron chi connectivity index (χ3n) is 3.87. The van der Waals surface area contributed by atoms with Crippen LogP contribution in [0.5, 0.6) is 0 Å². The first-order valence-corrected chi connectivity index (χ1v) is 6.96. The average Bonchev–Trinajstić information content (AvgIpc) is 2.54. The molecule has 1 heterocycles. The Hall–Kier alpha value is -1.00. The van der Waals surface area contributed by atoms with Crippen molar-refractivity contribution < 1.29 is 8.78 Å². The van der Waals surface area contributed by atoms with E-state index in [-0.39, 0.29) is 6.04 Å². The summed E-state index contributed by atoms with van der Waals surface area (Å²) in [5.74, 6) is -0.990. The molecule has 1 aromatic carbocycles. The van der Waals surface area contributed by atoms with Crippen molar-refractivity contribution in [2.75, 3.05) is 20.1 Å². The van der Waals surface area contributed by atoms with E-state index in [9.17, 15) is 8.78 Å². The summed E-state index contributed by atoms with van der Waals surface area (Å²) in [7, 11) is 2.13. The van der Waals surface area contributed by atoms with Gasteiger partial charge in [0.25, 0.3) is 0 Å². The van der Waals surface area contributed by atoms with Crippen LogP contribution in [0.3, 0.4) is 0 Å². The minimum Gasteiger partial charge on any atom is -0.307 e. The summed E-state index contributed by atoms with van der Waals surface area (Å²) in [5.41, 5.74) is 0.541. The summed E-state index contributed by atoms with van der Waals surface area (Å²) in [6.45, 7) is 4.12. The molecule has 0 aromatic heterocycles. The van der Waals surface area contributed by atoms with Crippen LogP contribution in [0.15, 0.2) is 18.2 Å². The molecule has 0 radical (unpaired) electrons. The second-order valence-corrected chi connectivity index (χ2v) is 5.49. The summed E-state index contributed by atoms with van der Waals surface area (Å²) in [6.07, 6.45) is 3.34. The lowest BCUT2D eigenvalue weighted by Crippen LogP contribution is -2.32. The van der Waals surface area contributed by atoms with Crippen LogP contribution in [0.4, 0.5) is 8.78 Å². The molecule has 0 spiro atoms. The molecular formula is C15H22F2N2. The van der Waals surface area contributed by atoms with Crippen molar-refractivity contribution in [2.45, 2.75) is 38.3 Å². The summed E-state index contributed by atoms with van der Waals surface area (Å²) >= 11 is 0. The van der Waals surface area contributed by atoms with Crippen molar-refractivity contribution in [2.24, 2.45) is 0 Å². The van der Waals surface area contributed by atoms with Gasteiger partial charge in [-0.2, -0.15) is 0 Å². The van der Waals surface area contributed by atoms with Crippen LogP contribution < -0.4 is 5.32 Å². The van der Waals surface area contributed by atoms with E-state index in [0.717, 1.165) is 38.4 Å². The number of halogens is 2. The monoisotopic (exact) mass is 268 g/mol. The molecule has 106 valence electrons. The van der Waals surface area contributed by atoms with Gasteiger partial charge in [0.1, 0.15) is 11.6 Å². The molecular weight excluding hydrogens is 246 g/mol. The third-order valence-corrected chi connectivity index (χ3v) is 3.87. The molecule has 1 aromatic rings. The van der Waals surface area contributed by atoms with E-state index < -0.39 is 11.6 Å². The van der Waals surface area contributed by atoms with Gasteiger partial charge in [-0.3, -0.25) is 0 Å². The summed E-state index contributed by atoms with van der Waals surface area (Å²) in [4.78, 5) is 2.32. The molecule has 2 rings (SSSR count). The fourth-order valence-corrected chi connectivity index (χ4v) is 2.70. The third kappa shape index (κ3) is 3.98. The van der Waals surface area contributed by atoms with E-state index in [1.165, 1.54) is 12.1 Å². The van der Waals surface area contributed by atoms with Crippen LogP contribution in [0.25, 0.3) is 0 Å². The topological polar surface area (TPSA) is 15.3 Å². The number of nitrogens with one attached hydrogen (secondary N) is 1. The molecule has 1 fully saturated rings. The van der Waals surface area contributed by atoms with Crippen molar-refractivity contribution in [1.29, 1.82) is 0 Å². The number of likely N-dealkylation sites (tertiary alicyclic amines) is 1. The highest BCUT2D eigenvalue weighted by Crippen LogP contribution is 2.20. The Bertz CT molecular complexity index is 423. The normalized spacial score (nSPS) is 23.1. The molecule has 1 N–H and O–H groups in total. The smallest absolute Gasteiger partial charge is 0.130 e. The molecule has 0 bridgehead atoms. The van der Waals surface area contributed by atoms with Crippen molar-refractivity contribution in [1.82, 2.24) is 10.2 Å². The van der Waals surface area contributed by atoms with Crippen LogP contribution in [0.2, 0.25) is 0 Å². The predicted molar refractivity (Wildman–Crippen MR) is 73.0 cm³/mol. The lowest BCUT2D eigenvalue weighted by molar-refractivity contribution is 0.339. The van der Waals surface area contributed by atoms with Gasteiger partial charge in [0, 0.05) is 23.7 Å². The van der Waals surface area contributed by atoms with Crippen molar-refractivity contribution in [3.05, 3.63) is 35.4 Å². The highest BCUT2D eigenvalue weighted by Gasteiger charge is 2.19. The van der Waals surface area contributed by atoms with E-state index in [0.29, 0.717) is 11.6 Å². The Balaban J connectivity index is 1.98. The van der Waals surface area contributed by atoms with E-state index in [1.54, 1.807) is 0 Å². The SMILES string of the molecule is CC(NC1CCCN(C)CC1)c1ccc(F)cc1F. The van der Waals surface area contributed by atoms with Gasteiger partial charge in [-0.05, 0) is 52.4 Å². The van der Waals surface area contributed by atoms with Crippen LogP contribution >= 0.6 is 0 Å². The molecule has 1 aliphatic rings. The molecule has 4 heteroatoms. The Labute approximate surface area is 113 Å². The summed E-state index contributed by atoms with van der Waals surface area (Å²) < 4.78 is 26.6. The highest BCUT2D eigenvalue weighted by molar-refractivity contribution is 5.21. The van der Waals surface area contributed by atoms with E-state index in [4.69, 9.17) is 0 Å². The minimum absolute atomic E-state index is 0.0889. The Morgan fingerprint density at radius 2 is 2.05 bits per heavy atom. The molecule has 0 aliphatic carbocycles. The zero-order valence-corrected chi connectivity index (χ0v) is 11.6. The standard InChI is InChI=1S/C15H22F2N2/c1-11(14-6-5-12(16)10-15(14)17)18-13-4-3-8-19(2)9-7-13/h5-6,10-11,13,18H,3-4,7-9H2,1-2H3. The fraction of sp³-hybridized carbons (Fsp3) is 0.600. The maximum Gasteiger partial charge on any atom is 0.130 e. The number of nitrogens with zero attached hydrogens (tertiary/aromatic N) is 1. The van der Waals surface area contributed by atoms with Gasteiger partial charge in [0.15, 0.2) is 0 Å². The van der Waals surface area contributed by atoms with E-state index >= 15 is 0 Å². The lowest BCUT2D eigenvalue weighted by atomic mass is 10.0. The Morgan fingerprint density at radius 3 is 2.79 bits per heavy atom. The average molecular weight is 268 g/mol. The highest BCUT2D eigenvalue weighted by atomic mass is 19.1. The first-order chi connectivity index (χ1) is 9.06.